The van der Waals surface area contributed by atoms with Crippen molar-refractivity contribution in [3.05, 3.63) is 17.6 Å². The molecule has 0 unspecified atom stereocenters. The Morgan fingerprint density at radius 2 is 1.61 bits per heavy atom. The van der Waals surface area contributed by atoms with Gasteiger partial charge in [-0.1, -0.05) is 20.8 Å². The van der Waals surface area contributed by atoms with Crippen molar-refractivity contribution < 1.29 is 0 Å². The zero-order chi connectivity index (χ0) is 20.0. The van der Waals surface area contributed by atoms with Crippen molar-refractivity contribution in [2.24, 2.45) is 5.41 Å². The van der Waals surface area contributed by atoms with Crippen molar-refractivity contribution >= 4 is 5.82 Å². The second-order valence-corrected chi connectivity index (χ2v) is 9.26. The zero-order valence-electron chi connectivity index (χ0n) is 17.7. The van der Waals surface area contributed by atoms with Crippen LogP contribution in [0.15, 0.2) is 6.20 Å². The number of likely N-dealkylation sites (tertiary alicyclic amines) is 1. The lowest BCUT2D eigenvalue weighted by Crippen LogP contribution is -2.47. The van der Waals surface area contributed by atoms with Gasteiger partial charge >= 0.3 is 0 Å². The van der Waals surface area contributed by atoms with E-state index in [1.807, 2.05) is 6.20 Å². The molecule has 0 aromatic carbocycles. The second kappa shape index (κ2) is 9.64. The molecule has 2 aliphatic rings. The molecular formula is C21H35N7. The lowest BCUT2D eigenvalue weighted by Gasteiger charge is -2.35. The summed E-state index contributed by atoms with van der Waals surface area (Å²) in [6.45, 7) is 17.5. The molecule has 3 rings (SSSR count). The molecule has 0 bridgehead atoms. The minimum absolute atomic E-state index is 0.149. The largest absolute Gasteiger partial charge is 0.369 e. The number of nitrogens with zero attached hydrogens (tertiary/aromatic N) is 6. The van der Waals surface area contributed by atoms with E-state index < -0.39 is 0 Å². The third-order valence-corrected chi connectivity index (χ3v) is 5.54. The molecule has 0 atom stereocenters. The number of nitrogens with one attached hydrogen (secondary N) is 1. The molecule has 3 heterocycles. The average molecular weight is 386 g/mol. The third-order valence-electron chi connectivity index (χ3n) is 5.54. The van der Waals surface area contributed by atoms with Crippen molar-refractivity contribution in [1.29, 1.82) is 5.26 Å². The summed E-state index contributed by atoms with van der Waals surface area (Å²) < 4.78 is 0. The Bertz CT molecular complexity index is 662. The van der Waals surface area contributed by atoms with E-state index in [1.54, 1.807) is 0 Å². The molecule has 0 saturated carbocycles. The van der Waals surface area contributed by atoms with Crippen molar-refractivity contribution in [3.8, 4) is 6.07 Å². The molecule has 1 aromatic rings. The van der Waals surface area contributed by atoms with Crippen molar-refractivity contribution in [3.63, 3.8) is 0 Å². The van der Waals surface area contributed by atoms with Crippen LogP contribution in [-0.4, -0.2) is 83.6 Å². The number of nitriles is 1. The van der Waals surface area contributed by atoms with E-state index in [-0.39, 0.29) is 11.2 Å². The first-order valence-electron chi connectivity index (χ1n) is 10.6. The third kappa shape index (κ3) is 6.40. The molecule has 2 aliphatic heterocycles. The van der Waals surface area contributed by atoms with Gasteiger partial charge in [-0.25, -0.2) is 9.97 Å². The summed E-state index contributed by atoms with van der Waals surface area (Å²) in [6.07, 6.45) is 4.55. The molecule has 0 spiro atoms. The van der Waals surface area contributed by atoms with Gasteiger partial charge in [0.1, 0.15) is 11.9 Å². The summed E-state index contributed by atoms with van der Waals surface area (Å²) in [6, 6.07) is 2.05. The molecule has 1 N–H and O–H groups in total. The number of hydrogen-bond acceptors (Lipinski definition) is 7. The molecular weight excluding hydrogens is 350 g/mol. The van der Waals surface area contributed by atoms with Gasteiger partial charge in [0.25, 0.3) is 0 Å². The summed E-state index contributed by atoms with van der Waals surface area (Å²) in [4.78, 5) is 16.3. The van der Waals surface area contributed by atoms with Crippen molar-refractivity contribution in [1.82, 2.24) is 24.7 Å². The smallest absolute Gasteiger partial charge is 0.234 e. The normalized spacial score (nSPS) is 19.6. The molecule has 7 heteroatoms. The molecule has 7 nitrogen and oxygen atoms in total. The SMILES string of the molecule is CC(C)(C)CNc1nc(C#N)ncc1CN1CCN(CCN2CCCC2)CC1. The van der Waals surface area contributed by atoms with Gasteiger partial charge in [-0.15, -0.1) is 0 Å². The van der Waals surface area contributed by atoms with Gasteiger partial charge in [0.2, 0.25) is 5.82 Å². The molecule has 154 valence electrons. The highest BCUT2D eigenvalue weighted by molar-refractivity contribution is 5.44. The molecule has 28 heavy (non-hydrogen) atoms. The lowest BCUT2D eigenvalue weighted by atomic mass is 9.97. The predicted molar refractivity (Wildman–Crippen MR) is 112 cm³/mol. The number of aromatic nitrogens is 2. The Morgan fingerprint density at radius 1 is 1.00 bits per heavy atom. The highest BCUT2D eigenvalue weighted by Crippen LogP contribution is 2.19. The highest BCUT2D eigenvalue weighted by atomic mass is 15.3. The van der Waals surface area contributed by atoms with Crippen LogP contribution >= 0.6 is 0 Å². The summed E-state index contributed by atoms with van der Waals surface area (Å²) in [7, 11) is 0. The van der Waals surface area contributed by atoms with E-state index in [2.05, 4.69) is 56.8 Å². The molecule has 1 aromatic heterocycles. The number of piperazine rings is 1. The molecule has 2 fully saturated rings. The summed E-state index contributed by atoms with van der Waals surface area (Å²) in [5.74, 6) is 1.03. The van der Waals surface area contributed by atoms with E-state index in [1.165, 1.54) is 39.0 Å². The van der Waals surface area contributed by atoms with Gasteiger partial charge in [0.15, 0.2) is 0 Å². The Hall–Kier alpha value is -1.75. The van der Waals surface area contributed by atoms with Crippen LogP contribution in [0.4, 0.5) is 5.82 Å². The first-order valence-corrected chi connectivity index (χ1v) is 10.6. The molecule has 0 amide bonds. The quantitative estimate of drug-likeness (QED) is 0.770. The van der Waals surface area contributed by atoms with E-state index in [0.717, 1.165) is 50.6 Å². The first-order chi connectivity index (χ1) is 13.4. The topological polar surface area (TPSA) is 71.3 Å². The van der Waals surface area contributed by atoms with Gasteiger partial charge in [-0.3, -0.25) is 9.80 Å². The molecule has 0 radical (unpaired) electrons. The van der Waals surface area contributed by atoms with Crippen LogP contribution in [0, 0.1) is 16.7 Å². The van der Waals surface area contributed by atoms with E-state index >= 15 is 0 Å². The predicted octanol–water partition coefficient (Wildman–Crippen LogP) is 2.02. The Kier molecular flexibility index (Phi) is 7.22. The van der Waals surface area contributed by atoms with Gasteiger partial charge in [-0.2, -0.15) is 5.26 Å². The van der Waals surface area contributed by atoms with Crippen LogP contribution in [0.5, 0.6) is 0 Å². The van der Waals surface area contributed by atoms with Gasteiger partial charge < -0.3 is 10.2 Å². The number of anilines is 1. The van der Waals surface area contributed by atoms with Gasteiger partial charge in [0.05, 0.1) is 0 Å². The van der Waals surface area contributed by atoms with E-state index in [0.29, 0.717) is 0 Å². The fraction of sp³-hybridized carbons (Fsp3) is 0.762. The summed E-state index contributed by atoms with van der Waals surface area (Å²) in [5.41, 5.74) is 1.23. The van der Waals surface area contributed by atoms with Crippen molar-refractivity contribution in [2.75, 3.05) is 64.2 Å². The maximum atomic E-state index is 9.14. The van der Waals surface area contributed by atoms with E-state index in [4.69, 9.17) is 5.26 Å². The van der Waals surface area contributed by atoms with Crippen LogP contribution in [0.3, 0.4) is 0 Å². The second-order valence-electron chi connectivity index (χ2n) is 9.26. The highest BCUT2D eigenvalue weighted by Gasteiger charge is 2.20. The Labute approximate surface area is 169 Å². The summed E-state index contributed by atoms with van der Waals surface area (Å²) >= 11 is 0. The maximum absolute atomic E-state index is 9.14. The fourth-order valence-electron chi connectivity index (χ4n) is 3.78. The molecule has 2 saturated heterocycles. The average Bonchev–Trinajstić information content (AvgIpc) is 3.19. The monoisotopic (exact) mass is 385 g/mol. The van der Waals surface area contributed by atoms with Gasteiger partial charge in [0, 0.05) is 64.1 Å². The lowest BCUT2D eigenvalue weighted by molar-refractivity contribution is 0.117. The fourth-order valence-corrected chi connectivity index (χ4v) is 3.78. The van der Waals surface area contributed by atoms with Crippen LogP contribution in [0.1, 0.15) is 45.0 Å². The summed E-state index contributed by atoms with van der Waals surface area (Å²) in [5, 5.41) is 12.6. The minimum Gasteiger partial charge on any atom is -0.369 e. The van der Waals surface area contributed by atoms with Gasteiger partial charge in [-0.05, 0) is 31.3 Å². The van der Waals surface area contributed by atoms with Crippen LogP contribution in [0.25, 0.3) is 0 Å². The Balaban J connectivity index is 1.51. The maximum Gasteiger partial charge on any atom is 0.234 e. The zero-order valence-corrected chi connectivity index (χ0v) is 17.7. The van der Waals surface area contributed by atoms with Crippen molar-refractivity contribution in [2.45, 2.75) is 40.2 Å². The van der Waals surface area contributed by atoms with Crippen LogP contribution in [-0.2, 0) is 6.54 Å². The number of rotatable bonds is 7. The van der Waals surface area contributed by atoms with Crippen LogP contribution < -0.4 is 5.32 Å². The first kappa shape index (κ1) is 21.0. The van der Waals surface area contributed by atoms with Crippen LogP contribution in [0.2, 0.25) is 0 Å². The molecule has 0 aliphatic carbocycles. The standard InChI is InChI=1S/C21H35N7/c1-21(2,3)17-24-20-18(15-23-19(14-22)25-20)16-28-12-10-27(11-13-28)9-8-26-6-4-5-7-26/h15H,4-13,16-17H2,1-3H3,(H,23,24,25). The number of hydrogen-bond donors (Lipinski definition) is 1. The van der Waals surface area contributed by atoms with E-state index in [9.17, 15) is 0 Å². The Morgan fingerprint density at radius 3 is 2.21 bits per heavy atom. The minimum atomic E-state index is 0.149.